The van der Waals surface area contributed by atoms with Gasteiger partial charge in [-0.05, 0) is 36.4 Å². The van der Waals surface area contributed by atoms with E-state index in [2.05, 4.69) is 11.4 Å². The first-order valence-corrected chi connectivity index (χ1v) is 8.84. The van der Waals surface area contributed by atoms with E-state index >= 15 is 0 Å². The number of anilines is 1. The zero-order chi connectivity index (χ0) is 15.8. The summed E-state index contributed by atoms with van der Waals surface area (Å²) in [7, 11) is 0. The second kappa shape index (κ2) is 8.60. The maximum atomic E-state index is 12.0. The predicted molar refractivity (Wildman–Crippen MR) is 92.2 cm³/mol. The van der Waals surface area contributed by atoms with Crippen molar-refractivity contribution in [1.82, 2.24) is 0 Å². The lowest BCUT2D eigenvalue weighted by atomic mass is 10.2. The fourth-order valence-electron chi connectivity index (χ4n) is 1.94. The number of para-hydroxylation sites is 1. The topological polar surface area (TPSA) is 72.2 Å². The summed E-state index contributed by atoms with van der Waals surface area (Å²) in [5, 5.41) is 4.95. The third kappa shape index (κ3) is 5.54. The van der Waals surface area contributed by atoms with Gasteiger partial charge in [0.1, 0.15) is 0 Å². The Labute approximate surface area is 138 Å². The fourth-order valence-corrected chi connectivity index (χ4v) is 3.43. The van der Waals surface area contributed by atoms with Crippen molar-refractivity contribution in [1.29, 1.82) is 0 Å². The third-order valence-corrected chi connectivity index (χ3v) is 4.97. The largest absolute Gasteiger partial charge is 0.369 e. The number of primary amides is 1. The molecule has 0 spiro atoms. The molecule has 22 heavy (non-hydrogen) atoms. The molecule has 0 aliphatic rings. The average molecular weight is 334 g/mol. The number of amides is 2. The Hall–Kier alpha value is -1.79. The van der Waals surface area contributed by atoms with Crippen LogP contribution in [0.4, 0.5) is 5.69 Å². The van der Waals surface area contributed by atoms with Crippen molar-refractivity contribution < 1.29 is 9.59 Å². The molecule has 1 heterocycles. The van der Waals surface area contributed by atoms with Crippen LogP contribution in [0.5, 0.6) is 0 Å². The minimum Gasteiger partial charge on any atom is -0.369 e. The zero-order valence-corrected chi connectivity index (χ0v) is 13.7. The van der Waals surface area contributed by atoms with Crippen molar-refractivity contribution in [2.24, 2.45) is 5.73 Å². The van der Waals surface area contributed by atoms with E-state index in [1.807, 2.05) is 35.7 Å². The van der Waals surface area contributed by atoms with Gasteiger partial charge in [0.15, 0.2) is 0 Å². The molecule has 0 saturated carbocycles. The van der Waals surface area contributed by atoms with Gasteiger partial charge in [-0.15, -0.1) is 23.1 Å². The second-order valence-corrected chi connectivity index (χ2v) is 6.78. The Morgan fingerprint density at radius 2 is 2.00 bits per heavy atom. The van der Waals surface area contributed by atoms with E-state index in [0.29, 0.717) is 6.42 Å². The van der Waals surface area contributed by atoms with Crippen LogP contribution in [0.25, 0.3) is 0 Å². The maximum Gasteiger partial charge on any atom is 0.227 e. The van der Waals surface area contributed by atoms with Gasteiger partial charge in [-0.2, -0.15) is 0 Å². The molecule has 116 valence electrons. The van der Waals surface area contributed by atoms with E-state index in [-0.39, 0.29) is 17.6 Å². The Morgan fingerprint density at radius 1 is 1.18 bits per heavy atom. The predicted octanol–water partition coefficient (Wildman–Crippen LogP) is 3.29. The summed E-state index contributed by atoms with van der Waals surface area (Å²) in [6.07, 6.45) is 2.22. The lowest BCUT2D eigenvalue weighted by Crippen LogP contribution is -2.14. The lowest BCUT2D eigenvalue weighted by Gasteiger charge is -2.10. The number of carbonyl (C=O) groups excluding carboxylic acids is 2. The van der Waals surface area contributed by atoms with E-state index in [4.69, 9.17) is 5.73 Å². The number of thioether (sulfide) groups is 1. The summed E-state index contributed by atoms with van der Waals surface area (Å²) < 4.78 is 0. The summed E-state index contributed by atoms with van der Waals surface area (Å²) in [4.78, 5) is 25.0. The highest BCUT2D eigenvalue weighted by Gasteiger charge is 2.08. The normalized spacial score (nSPS) is 10.4. The molecular weight excluding hydrogens is 316 g/mol. The highest BCUT2D eigenvalue weighted by Crippen LogP contribution is 2.26. The van der Waals surface area contributed by atoms with Crippen LogP contribution in [-0.4, -0.2) is 17.6 Å². The minimum absolute atomic E-state index is 0.0105. The van der Waals surface area contributed by atoms with Crippen LogP contribution in [0.15, 0.2) is 46.7 Å². The van der Waals surface area contributed by atoms with Crippen LogP contribution < -0.4 is 11.1 Å². The Morgan fingerprint density at radius 3 is 2.73 bits per heavy atom. The number of rotatable bonds is 8. The molecule has 0 radical (unpaired) electrons. The van der Waals surface area contributed by atoms with Crippen molar-refractivity contribution in [2.45, 2.75) is 24.2 Å². The summed E-state index contributed by atoms with van der Waals surface area (Å²) in [6.45, 7) is 0. The van der Waals surface area contributed by atoms with Crippen molar-refractivity contribution in [3.05, 3.63) is 46.7 Å². The summed E-state index contributed by atoms with van der Waals surface area (Å²) in [6, 6.07) is 11.5. The molecule has 0 fully saturated rings. The highest BCUT2D eigenvalue weighted by atomic mass is 32.2. The molecule has 6 heteroatoms. The molecule has 0 saturated heterocycles. The molecule has 0 bridgehead atoms. The van der Waals surface area contributed by atoms with Crippen LogP contribution in [0.2, 0.25) is 0 Å². The number of thiophene rings is 1. The van der Waals surface area contributed by atoms with Gasteiger partial charge >= 0.3 is 0 Å². The van der Waals surface area contributed by atoms with E-state index < -0.39 is 0 Å². The molecule has 2 aromatic rings. The van der Waals surface area contributed by atoms with Crippen molar-refractivity contribution in [3.63, 3.8) is 0 Å². The lowest BCUT2D eigenvalue weighted by molar-refractivity contribution is -0.116. The molecular formula is C16H18N2O2S2. The molecule has 0 aliphatic heterocycles. The quantitative estimate of drug-likeness (QED) is 0.728. The van der Waals surface area contributed by atoms with Crippen LogP contribution in [0, 0.1) is 0 Å². The Kier molecular flexibility index (Phi) is 6.48. The van der Waals surface area contributed by atoms with Gasteiger partial charge in [0, 0.05) is 16.2 Å². The molecule has 3 N–H and O–H groups in total. The molecule has 0 aliphatic carbocycles. The number of hydrogen-bond acceptors (Lipinski definition) is 4. The van der Waals surface area contributed by atoms with Crippen LogP contribution in [-0.2, 0) is 16.0 Å². The Bertz CT molecular complexity index is 627. The molecule has 0 atom stereocenters. The molecule has 4 nitrogen and oxygen atoms in total. The van der Waals surface area contributed by atoms with Crippen molar-refractivity contribution in [3.8, 4) is 0 Å². The van der Waals surface area contributed by atoms with Gasteiger partial charge in [0.25, 0.3) is 0 Å². The monoisotopic (exact) mass is 334 g/mol. The number of benzene rings is 1. The van der Waals surface area contributed by atoms with Crippen molar-refractivity contribution in [2.75, 3.05) is 11.1 Å². The van der Waals surface area contributed by atoms with Gasteiger partial charge in [-0.1, -0.05) is 18.2 Å². The van der Waals surface area contributed by atoms with Gasteiger partial charge in [-0.3, -0.25) is 9.59 Å². The van der Waals surface area contributed by atoms with Crippen molar-refractivity contribution >= 4 is 40.6 Å². The third-order valence-electron chi connectivity index (χ3n) is 2.94. The van der Waals surface area contributed by atoms with Crippen LogP contribution >= 0.6 is 23.1 Å². The van der Waals surface area contributed by atoms with Gasteiger partial charge in [0.2, 0.25) is 11.8 Å². The number of hydrogen-bond donors (Lipinski definition) is 2. The summed E-state index contributed by atoms with van der Waals surface area (Å²) in [5.41, 5.74) is 5.89. The zero-order valence-electron chi connectivity index (χ0n) is 12.1. The molecule has 1 aromatic carbocycles. The SMILES string of the molecule is NC(=O)CSc1ccccc1NC(=O)CCCc1cccs1. The summed E-state index contributed by atoms with van der Waals surface area (Å²) >= 11 is 3.04. The van der Waals surface area contributed by atoms with E-state index in [1.165, 1.54) is 16.6 Å². The minimum atomic E-state index is -0.373. The standard InChI is InChI=1S/C16H18N2O2S2/c17-15(19)11-22-14-8-2-1-7-13(14)18-16(20)9-3-5-12-6-4-10-21-12/h1-2,4,6-8,10H,3,5,9,11H2,(H2,17,19)(H,18,20). The molecule has 1 aromatic heterocycles. The highest BCUT2D eigenvalue weighted by molar-refractivity contribution is 8.00. The second-order valence-electron chi connectivity index (χ2n) is 4.73. The molecule has 2 rings (SSSR count). The summed E-state index contributed by atoms with van der Waals surface area (Å²) in [5.74, 6) is -0.184. The first-order valence-electron chi connectivity index (χ1n) is 6.97. The first kappa shape index (κ1) is 16.6. The number of nitrogens with one attached hydrogen (secondary N) is 1. The Balaban J connectivity index is 1.84. The van der Waals surface area contributed by atoms with Gasteiger partial charge in [0.05, 0.1) is 11.4 Å². The maximum absolute atomic E-state index is 12.0. The molecule has 0 unspecified atom stereocenters. The number of nitrogens with two attached hydrogens (primary N) is 1. The van der Waals surface area contributed by atoms with Gasteiger partial charge < -0.3 is 11.1 Å². The average Bonchev–Trinajstić information content (AvgIpc) is 2.99. The first-order chi connectivity index (χ1) is 10.6. The number of carbonyl (C=O) groups is 2. The van der Waals surface area contributed by atoms with Gasteiger partial charge in [-0.25, -0.2) is 0 Å². The van der Waals surface area contributed by atoms with E-state index in [1.54, 1.807) is 11.3 Å². The van der Waals surface area contributed by atoms with Crippen LogP contribution in [0.3, 0.4) is 0 Å². The van der Waals surface area contributed by atoms with E-state index in [9.17, 15) is 9.59 Å². The molecule has 2 amide bonds. The number of aryl methyl sites for hydroxylation is 1. The van der Waals surface area contributed by atoms with E-state index in [0.717, 1.165) is 23.4 Å². The smallest absolute Gasteiger partial charge is 0.227 e. The fraction of sp³-hybridized carbons (Fsp3) is 0.250. The van der Waals surface area contributed by atoms with Crippen LogP contribution in [0.1, 0.15) is 17.7 Å².